The molecule has 1 aliphatic rings. The largest absolute Gasteiger partial charge is 0.436 e. The molecule has 1 N–H and O–H groups in total. The second-order valence-electron chi connectivity index (χ2n) is 10.9. The Bertz CT molecular complexity index is 1090. The third-order valence-corrected chi connectivity index (χ3v) is 9.39. The van der Waals surface area contributed by atoms with Crippen LogP contribution < -0.4 is 0 Å². The second kappa shape index (κ2) is 23.6. The van der Waals surface area contributed by atoms with Gasteiger partial charge in [0, 0.05) is 37.3 Å². The van der Waals surface area contributed by atoms with Gasteiger partial charge in [-0.15, -0.1) is 12.3 Å². The highest BCUT2D eigenvalue weighted by molar-refractivity contribution is 8.44. The molecule has 0 spiro atoms. The SMILES string of the molecule is C#CCCCCOP(=O)(S)O/C(=C\CC[C@@H](C)C/C=C(\C)CCO[PH](=O)OC[C@H]1CC(O)CN1C(=O)CCCN=[N+]=[N-])CC. The number of unbranched alkanes of at least 4 members (excludes halogenated alkanes) is 2. The number of allylic oxidation sites excluding steroid dienone is 3. The smallest absolute Gasteiger partial charge is 0.422 e. The van der Waals surface area contributed by atoms with Crippen LogP contribution in [0.1, 0.15) is 91.4 Å². The number of hydrogen-bond acceptors (Lipinski definition) is 9. The highest BCUT2D eigenvalue weighted by Gasteiger charge is 2.34. The summed E-state index contributed by atoms with van der Waals surface area (Å²) in [5.41, 5.74) is 9.46. The van der Waals surface area contributed by atoms with Gasteiger partial charge in [0.1, 0.15) is 5.76 Å². The summed E-state index contributed by atoms with van der Waals surface area (Å²) in [6, 6.07) is -0.377. The molecule has 1 amide bonds. The monoisotopic (exact) mass is 676 g/mol. The number of carbonyl (C=O) groups is 1. The van der Waals surface area contributed by atoms with Crippen LogP contribution in [0.4, 0.5) is 0 Å². The van der Waals surface area contributed by atoms with Crippen LogP contribution in [0.15, 0.2) is 28.6 Å². The number of hydrogen-bond donors (Lipinski definition) is 2. The summed E-state index contributed by atoms with van der Waals surface area (Å²) in [4.78, 5) is 16.7. The van der Waals surface area contributed by atoms with Crippen LogP contribution in [-0.2, 0) is 32.0 Å². The lowest BCUT2D eigenvalue weighted by atomic mass is 9.99. The molecule has 0 aromatic rings. The summed E-state index contributed by atoms with van der Waals surface area (Å²) < 4.78 is 46.4. The van der Waals surface area contributed by atoms with Gasteiger partial charge in [-0.1, -0.05) is 30.6 Å². The Morgan fingerprint density at radius 3 is 2.77 bits per heavy atom. The van der Waals surface area contributed by atoms with Crippen molar-refractivity contribution in [3.63, 3.8) is 0 Å². The maximum absolute atomic E-state index is 12.5. The predicted octanol–water partition coefficient (Wildman–Crippen LogP) is 7.77. The topological polar surface area (TPSA) is 160 Å². The van der Waals surface area contributed by atoms with Gasteiger partial charge < -0.3 is 23.6 Å². The van der Waals surface area contributed by atoms with Gasteiger partial charge in [0.05, 0.1) is 32.0 Å². The zero-order chi connectivity index (χ0) is 32.8. The molecule has 1 fully saturated rings. The normalized spacial score (nSPS) is 20.0. The lowest BCUT2D eigenvalue weighted by Crippen LogP contribution is -2.38. The number of terminal acetylenes is 1. The van der Waals surface area contributed by atoms with Gasteiger partial charge in [0.2, 0.25) is 5.91 Å². The van der Waals surface area contributed by atoms with Crippen molar-refractivity contribution in [2.75, 3.05) is 32.9 Å². The van der Waals surface area contributed by atoms with Crippen LogP contribution in [0.5, 0.6) is 0 Å². The summed E-state index contributed by atoms with van der Waals surface area (Å²) in [7, 11) is -2.75. The van der Waals surface area contributed by atoms with Crippen LogP contribution in [0, 0.1) is 18.3 Å². The number of β-amino-alcohol motifs (C(OH)–C–C–N with tert-alkyl or cyclic N) is 1. The molecule has 0 aromatic carbocycles. The molecular formula is C29H50N4O8P2S. The van der Waals surface area contributed by atoms with Crippen molar-refractivity contribution in [2.45, 2.75) is 104 Å². The number of aliphatic hydroxyl groups is 1. The Morgan fingerprint density at radius 1 is 1.30 bits per heavy atom. The van der Waals surface area contributed by atoms with E-state index in [1.54, 1.807) is 0 Å². The maximum atomic E-state index is 12.5. The molecule has 0 saturated carbocycles. The van der Waals surface area contributed by atoms with Gasteiger partial charge in [-0.05, 0) is 88.1 Å². The molecule has 0 radical (unpaired) electrons. The van der Waals surface area contributed by atoms with E-state index >= 15 is 0 Å². The Balaban J connectivity index is 2.32. The first-order valence-electron chi connectivity index (χ1n) is 15.2. The van der Waals surface area contributed by atoms with Crippen molar-refractivity contribution in [2.24, 2.45) is 11.0 Å². The van der Waals surface area contributed by atoms with E-state index in [-0.39, 0.29) is 51.3 Å². The number of nitrogens with zero attached hydrogens (tertiary/aromatic N) is 4. The highest BCUT2D eigenvalue weighted by Crippen LogP contribution is 2.55. The van der Waals surface area contributed by atoms with E-state index in [0.29, 0.717) is 50.2 Å². The Labute approximate surface area is 268 Å². The summed E-state index contributed by atoms with van der Waals surface area (Å²) in [5, 5.41) is 13.4. The van der Waals surface area contributed by atoms with Crippen LogP contribution in [0.2, 0.25) is 0 Å². The molecule has 250 valence electrons. The van der Waals surface area contributed by atoms with Crippen molar-refractivity contribution >= 4 is 33.2 Å². The van der Waals surface area contributed by atoms with E-state index in [9.17, 15) is 19.0 Å². The fourth-order valence-corrected chi connectivity index (χ4v) is 6.58. The number of thiol groups is 1. The molecule has 0 bridgehead atoms. The standard InChI is InChI=1S/C29H50N4O8P2S/c1-5-7-8-9-19-40-43(37,44)41-28(6-2)13-10-12-24(3)15-16-25(4)17-20-38-42(36)39-23-26-21-27(34)22-33(26)29(35)14-11-18-31-32-30/h1,13,16,24,26-27,34,42H,6-12,14-15,17-23H2,2-4H3,(H,37,44)/b25-16+,28-13-/t24-,26-,27?,43?/m1/s1. The van der Waals surface area contributed by atoms with Gasteiger partial charge in [-0.3, -0.25) is 13.9 Å². The van der Waals surface area contributed by atoms with Crippen molar-refractivity contribution in [1.29, 1.82) is 0 Å². The molecule has 0 aromatic heterocycles. The third kappa shape index (κ3) is 18.9. The zero-order valence-electron chi connectivity index (χ0n) is 26.3. The van der Waals surface area contributed by atoms with Crippen LogP contribution >= 0.6 is 27.3 Å². The molecule has 1 saturated heterocycles. The molecule has 0 aliphatic carbocycles. The van der Waals surface area contributed by atoms with E-state index < -0.39 is 21.2 Å². The van der Waals surface area contributed by atoms with E-state index in [4.69, 9.17) is 30.0 Å². The fraction of sp³-hybridized carbons (Fsp3) is 0.759. The van der Waals surface area contributed by atoms with E-state index in [2.05, 4.69) is 41.2 Å². The van der Waals surface area contributed by atoms with Crippen LogP contribution in [0.25, 0.3) is 10.4 Å². The molecule has 5 atom stereocenters. The van der Waals surface area contributed by atoms with E-state index in [1.165, 1.54) is 4.90 Å². The minimum absolute atomic E-state index is 0.0221. The molecule has 1 heterocycles. The molecule has 3 unspecified atom stereocenters. The zero-order valence-corrected chi connectivity index (χ0v) is 29.1. The van der Waals surface area contributed by atoms with Crippen LogP contribution in [0.3, 0.4) is 0 Å². The fourth-order valence-electron chi connectivity index (χ4n) is 4.43. The predicted molar refractivity (Wildman–Crippen MR) is 176 cm³/mol. The number of rotatable bonds is 24. The van der Waals surface area contributed by atoms with Gasteiger partial charge >= 0.3 is 15.1 Å². The van der Waals surface area contributed by atoms with Gasteiger partial charge in [-0.25, -0.2) is 4.57 Å². The number of likely N-dealkylation sites (tertiary alicyclic amines) is 1. The second-order valence-corrected chi connectivity index (χ2v) is 14.8. The quantitative estimate of drug-likeness (QED) is 0.0121. The number of carbonyl (C=O) groups excluding carboxylic acids is 1. The summed E-state index contributed by atoms with van der Waals surface area (Å²) in [5.74, 6) is 3.41. The Kier molecular flexibility index (Phi) is 21.6. The van der Waals surface area contributed by atoms with E-state index in [0.717, 1.165) is 31.3 Å². The summed E-state index contributed by atoms with van der Waals surface area (Å²) >= 11 is 4.08. The number of azide groups is 1. The number of amides is 1. The first kappa shape index (κ1) is 40.3. The van der Waals surface area contributed by atoms with Gasteiger partial charge in [-0.2, -0.15) is 0 Å². The highest BCUT2D eigenvalue weighted by atomic mass is 32.7. The minimum Gasteiger partial charge on any atom is -0.422 e. The molecular weight excluding hydrogens is 626 g/mol. The van der Waals surface area contributed by atoms with Gasteiger partial charge in [0.25, 0.3) is 0 Å². The average Bonchev–Trinajstić information content (AvgIpc) is 3.36. The maximum Gasteiger partial charge on any atom is 0.436 e. The lowest BCUT2D eigenvalue weighted by molar-refractivity contribution is -0.132. The first-order chi connectivity index (χ1) is 21.0. The minimum atomic E-state index is -3.46. The molecule has 44 heavy (non-hydrogen) atoms. The average molecular weight is 677 g/mol. The van der Waals surface area contributed by atoms with Crippen molar-refractivity contribution in [3.8, 4) is 12.3 Å². The molecule has 12 nitrogen and oxygen atoms in total. The molecule has 1 rings (SSSR count). The van der Waals surface area contributed by atoms with E-state index in [1.807, 2.05) is 19.9 Å². The first-order valence-corrected chi connectivity index (χ1v) is 19.2. The summed E-state index contributed by atoms with van der Waals surface area (Å²) in [6.07, 6.45) is 15.5. The number of aliphatic hydroxyl groups excluding tert-OH is 1. The van der Waals surface area contributed by atoms with Crippen molar-refractivity contribution in [3.05, 3.63) is 33.9 Å². The molecule has 15 heteroatoms. The Morgan fingerprint density at radius 2 is 2.07 bits per heavy atom. The third-order valence-electron chi connectivity index (χ3n) is 6.99. The van der Waals surface area contributed by atoms with Crippen molar-refractivity contribution < 1.29 is 37.1 Å². The molecule has 1 aliphatic heterocycles. The lowest BCUT2D eigenvalue weighted by Gasteiger charge is -2.24. The summed E-state index contributed by atoms with van der Waals surface area (Å²) in [6.45, 7) is 3.61. The van der Waals surface area contributed by atoms with Gasteiger partial charge in [0.15, 0.2) is 0 Å². The van der Waals surface area contributed by atoms with Crippen molar-refractivity contribution in [1.82, 2.24) is 4.90 Å². The van der Waals surface area contributed by atoms with Crippen LogP contribution in [-0.4, -0.2) is 61.0 Å². The Hall–Kier alpha value is -1.73.